The van der Waals surface area contributed by atoms with Crippen LogP contribution in [0.2, 0.25) is 0 Å². The minimum absolute atomic E-state index is 0.0250. The van der Waals surface area contributed by atoms with Crippen molar-refractivity contribution < 1.29 is 23.4 Å². The number of likely N-dealkylation sites (tertiary alicyclic amines) is 2. The number of benzene rings is 3. The molecule has 2 aliphatic rings. The summed E-state index contributed by atoms with van der Waals surface area (Å²) >= 11 is 0. The van der Waals surface area contributed by atoms with Gasteiger partial charge in [-0.15, -0.1) is 0 Å². The van der Waals surface area contributed by atoms with Crippen molar-refractivity contribution in [1.82, 2.24) is 19.8 Å². The fourth-order valence-electron chi connectivity index (χ4n) is 7.94. The third-order valence-corrected chi connectivity index (χ3v) is 11.1. The Hall–Kier alpha value is -4.96. The molecule has 5 aromatic rings. The van der Waals surface area contributed by atoms with Gasteiger partial charge >= 0.3 is 0 Å². The molecule has 2 fully saturated rings. The third-order valence-electron chi connectivity index (χ3n) is 11.1. The van der Waals surface area contributed by atoms with Crippen molar-refractivity contribution in [2.75, 3.05) is 59.0 Å². The van der Waals surface area contributed by atoms with Crippen LogP contribution in [0.15, 0.2) is 77.4 Å². The zero-order valence-electron chi connectivity index (χ0n) is 30.4. The number of aromatic nitrogens is 2. The van der Waals surface area contributed by atoms with Crippen molar-refractivity contribution in [3.63, 3.8) is 0 Å². The van der Waals surface area contributed by atoms with Gasteiger partial charge in [0.15, 0.2) is 11.5 Å². The van der Waals surface area contributed by atoms with Crippen LogP contribution in [0, 0.1) is 13.8 Å². The zero-order valence-corrected chi connectivity index (χ0v) is 30.4. The van der Waals surface area contributed by atoms with Crippen LogP contribution >= 0.6 is 0 Å². The smallest absolute Gasteiger partial charge is 0.254 e. The number of para-hydroxylation sites is 2. The minimum Gasteiger partial charge on any atom is -0.493 e. The zero-order chi connectivity index (χ0) is 35.5. The molecule has 7 rings (SSSR count). The second-order valence-corrected chi connectivity index (χ2v) is 14.1. The van der Waals surface area contributed by atoms with Gasteiger partial charge in [0.05, 0.1) is 45.2 Å². The summed E-state index contributed by atoms with van der Waals surface area (Å²) in [5, 5.41) is 0. The second kappa shape index (κ2) is 14.7. The van der Waals surface area contributed by atoms with Gasteiger partial charge < -0.3 is 38.3 Å². The first-order chi connectivity index (χ1) is 24.8. The molecule has 268 valence electrons. The molecule has 0 aliphatic carbocycles. The minimum atomic E-state index is -0.148. The van der Waals surface area contributed by atoms with Gasteiger partial charge in [0.25, 0.3) is 5.91 Å². The number of piperidine rings is 1. The Morgan fingerprint density at radius 1 is 0.941 bits per heavy atom. The summed E-state index contributed by atoms with van der Waals surface area (Å²) in [7, 11) is 4.72. The van der Waals surface area contributed by atoms with Gasteiger partial charge in [-0.1, -0.05) is 30.3 Å². The molecule has 10 nitrogen and oxygen atoms in total. The monoisotopic (exact) mass is 691 g/mol. The summed E-state index contributed by atoms with van der Waals surface area (Å²) < 4.78 is 22.4. The molecule has 0 spiro atoms. The lowest BCUT2D eigenvalue weighted by molar-refractivity contribution is 0.0779. The number of hydrogen-bond donors (Lipinski definition) is 1. The molecule has 2 aromatic heterocycles. The molecule has 1 N–H and O–H groups in total. The number of imidazole rings is 1. The van der Waals surface area contributed by atoms with Gasteiger partial charge in [0, 0.05) is 43.2 Å². The number of nitrogens with zero attached hydrogens (tertiary/aromatic N) is 4. The summed E-state index contributed by atoms with van der Waals surface area (Å²) in [5.41, 5.74) is 6.28. The summed E-state index contributed by atoms with van der Waals surface area (Å²) in [6.45, 7) is 9.31. The van der Waals surface area contributed by atoms with Gasteiger partial charge in [-0.05, 0) is 99.2 Å². The summed E-state index contributed by atoms with van der Waals surface area (Å²) in [4.78, 5) is 29.6. The number of amides is 1. The molecule has 2 aliphatic heterocycles. The fraction of sp³-hybridized carbons (Fsp3) is 0.415. The number of fused-ring (bicyclic) bond motifs is 1. The number of ether oxygens (including phenoxy) is 3. The number of anilines is 1. The largest absolute Gasteiger partial charge is 0.493 e. The maximum absolute atomic E-state index is 14.1. The van der Waals surface area contributed by atoms with Crippen molar-refractivity contribution in [3.8, 4) is 17.2 Å². The Labute approximate surface area is 300 Å². The molecule has 51 heavy (non-hydrogen) atoms. The lowest BCUT2D eigenvalue weighted by Gasteiger charge is -2.40. The number of aromatic amines is 1. The predicted octanol–water partition coefficient (Wildman–Crippen LogP) is 7.14. The van der Waals surface area contributed by atoms with Crippen LogP contribution in [0.4, 0.5) is 5.95 Å². The molecule has 10 heteroatoms. The molecular formula is C41H49N5O5. The maximum Gasteiger partial charge on any atom is 0.254 e. The molecule has 1 amide bonds. The maximum atomic E-state index is 14.1. The molecule has 4 heterocycles. The number of carbonyl (C=O) groups is 1. The van der Waals surface area contributed by atoms with E-state index >= 15 is 0 Å². The number of rotatable bonds is 12. The number of furan rings is 1. The van der Waals surface area contributed by atoms with Gasteiger partial charge in [-0.2, -0.15) is 0 Å². The average molecular weight is 692 g/mol. The third kappa shape index (κ3) is 7.02. The molecule has 0 saturated carbocycles. The Morgan fingerprint density at radius 2 is 1.71 bits per heavy atom. The summed E-state index contributed by atoms with van der Waals surface area (Å²) in [6.07, 6.45) is 5.67. The van der Waals surface area contributed by atoms with E-state index in [1.807, 2.05) is 29.2 Å². The van der Waals surface area contributed by atoms with Crippen molar-refractivity contribution >= 4 is 22.9 Å². The number of hydrogen-bond acceptors (Lipinski definition) is 8. The molecule has 0 bridgehead atoms. The van der Waals surface area contributed by atoms with Crippen molar-refractivity contribution in [3.05, 3.63) is 101 Å². The molecule has 1 atom stereocenters. The van der Waals surface area contributed by atoms with Gasteiger partial charge in [-0.3, -0.25) is 4.79 Å². The van der Waals surface area contributed by atoms with Crippen LogP contribution in [0.5, 0.6) is 17.2 Å². The van der Waals surface area contributed by atoms with Crippen LogP contribution in [0.1, 0.15) is 58.5 Å². The van der Waals surface area contributed by atoms with Crippen LogP contribution in [0.3, 0.4) is 0 Å². The van der Waals surface area contributed by atoms with Crippen molar-refractivity contribution in [2.45, 2.75) is 57.5 Å². The quantitative estimate of drug-likeness (QED) is 0.148. The summed E-state index contributed by atoms with van der Waals surface area (Å²) in [5.74, 6) is 3.23. The Balaban J connectivity index is 1.07. The average Bonchev–Trinajstić information content (AvgIpc) is 3.94. The first-order valence-electron chi connectivity index (χ1n) is 17.9. The summed E-state index contributed by atoms with van der Waals surface area (Å²) in [6, 6.07) is 22.9. The lowest BCUT2D eigenvalue weighted by Crippen LogP contribution is -2.46. The molecular weight excluding hydrogens is 642 g/mol. The van der Waals surface area contributed by atoms with E-state index in [1.165, 1.54) is 16.7 Å². The highest BCUT2D eigenvalue weighted by molar-refractivity contribution is 5.96. The molecule has 1 unspecified atom stereocenters. The van der Waals surface area contributed by atoms with Crippen LogP contribution in [0.25, 0.3) is 11.0 Å². The number of H-pyrrole nitrogens is 1. The van der Waals surface area contributed by atoms with Gasteiger partial charge in [0.2, 0.25) is 11.7 Å². The van der Waals surface area contributed by atoms with Gasteiger partial charge in [-0.25, -0.2) is 4.98 Å². The predicted molar refractivity (Wildman–Crippen MR) is 199 cm³/mol. The van der Waals surface area contributed by atoms with E-state index in [1.54, 1.807) is 39.7 Å². The van der Waals surface area contributed by atoms with Gasteiger partial charge in [0.1, 0.15) is 5.76 Å². The topological polar surface area (TPSA) is 96.3 Å². The van der Waals surface area contributed by atoms with Crippen molar-refractivity contribution in [2.24, 2.45) is 0 Å². The van der Waals surface area contributed by atoms with E-state index in [2.05, 4.69) is 59.0 Å². The standard InChI is InChI=1S/C41H49N5O5/c1-28-12-13-31(23-29(28)2)41(17-21-45(27-41)39(47)30-24-36(48-3)38(50-5)37(25-30)49-4)16-20-44-18-14-32(15-19-44)46(26-33-9-8-22-51-33)40-42-34-10-6-7-11-35(34)43-40/h6-13,22-25,32H,14-21,26-27H2,1-5H3,(H,42,43). The molecule has 2 saturated heterocycles. The highest BCUT2D eigenvalue weighted by atomic mass is 16.5. The number of nitrogens with one attached hydrogen (secondary N) is 1. The first kappa shape index (κ1) is 34.5. The van der Waals surface area contributed by atoms with Crippen LogP contribution < -0.4 is 19.1 Å². The Kier molecular flexibility index (Phi) is 9.95. The van der Waals surface area contributed by atoms with Crippen molar-refractivity contribution in [1.29, 1.82) is 0 Å². The molecule has 0 radical (unpaired) electrons. The fourth-order valence-corrected chi connectivity index (χ4v) is 7.94. The van der Waals surface area contributed by atoms with E-state index < -0.39 is 0 Å². The number of methoxy groups -OCH3 is 3. The Morgan fingerprint density at radius 3 is 2.37 bits per heavy atom. The van der Waals surface area contributed by atoms with E-state index in [4.69, 9.17) is 23.6 Å². The highest BCUT2D eigenvalue weighted by Crippen LogP contribution is 2.42. The number of carbonyl (C=O) groups excluding carboxylic acids is 1. The van der Waals surface area contributed by atoms with E-state index in [0.29, 0.717) is 48.5 Å². The Bertz CT molecular complexity index is 1910. The lowest BCUT2D eigenvalue weighted by atomic mass is 9.75. The normalized spacial score (nSPS) is 18.3. The molecule has 3 aromatic carbocycles. The SMILES string of the molecule is COc1cc(C(=O)N2CCC(CCN3CCC(N(Cc4ccco4)c4nc5ccccc5[nH]4)CC3)(c3ccc(C)c(C)c3)C2)cc(OC)c1OC. The van der Waals surface area contributed by atoms with E-state index in [-0.39, 0.29) is 11.3 Å². The highest BCUT2D eigenvalue weighted by Gasteiger charge is 2.42. The second-order valence-electron chi connectivity index (χ2n) is 14.1. The van der Waals surface area contributed by atoms with E-state index in [0.717, 1.165) is 68.1 Å². The van der Waals surface area contributed by atoms with Crippen LogP contribution in [-0.2, 0) is 12.0 Å². The number of aryl methyl sites for hydroxylation is 2. The van der Waals surface area contributed by atoms with E-state index in [9.17, 15) is 4.79 Å². The van der Waals surface area contributed by atoms with Crippen LogP contribution in [-0.4, -0.2) is 85.8 Å². The first-order valence-corrected chi connectivity index (χ1v) is 17.9.